The zero-order chi connectivity index (χ0) is 15.1. The number of aryl methyl sites for hydroxylation is 1. The summed E-state index contributed by atoms with van der Waals surface area (Å²) in [4.78, 5) is 12.3. The lowest BCUT2D eigenvalue weighted by Gasteiger charge is -2.14. The van der Waals surface area contributed by atoms with Crippen LogP contribution in [-0.4, -0.2) is 5.91 Å². The molecule has 0 radical (unpaired) electrons. The van der Waals surface area contributed by atoms with Gasteiger partial charge in [0, 0.05) is 5.69 Å². The molecule has 0 unspecified atom stereocenters. The Morgan fingerprint density at radius 1 is 1.05 bits per heavy atom. The summed E-state index contributed by atoms with van der Waals surface area (Å²) in [6.45, 7) is 2.00. The van der Waals surface area contributed by atoms with Crippen molar-refractivity contribution in [2.75, 3.05) is 5.32 Å². The molecule has 1 N–H and O–H groups in total. The smallest absolute Gasteiger partial charge is 0.266 e. The first-order chi connectivity index (χ1) is 10.2. The molecule has 0 aromatic heterocycles. The predicted molar refractivity (Wildman–Crippen MR) is 84.8 cm³/mol. The normalized spacial score (nSPS) is 15.5. The van der Waals surface area contributed by atoms with Crippen molar-refractivity contribution >= 4 is 11.6 Å². The first kappa shape index (κ1) is 15.3. The molecule has 3 heteroatoms. The van der Waals surface area contributed by atoms with E-state index in [-0.39, 0.29) is 5.91 Å². The van der Waals surface area contributed by atoms with Gasteiger partial charge >= 0.3 is 0 Å². The number of allylic oxidation sites excluding steroid dienone is 1. The van der Waals surface area contributed by atoms with Gasteiger partial charge in [-0.25, -0.2) is 0 Å². The third kappa shape index (κ3) is 4.46. The summed E-state index contributed by atoms with van der Waals surface area (Å²) in [5, 5.41) is 12.2. The molecule has 0 spiro atoms. The number of hydrogen-bond acceptors (Lipinski definition) is 2. The highest BCUT2D eigenvalue weighted by Crippen LogP contribution is 2.25. The molecular weight excluding hydrogens is 260 g/mol. The number of nitriles is 1. The largest absolute Gasteiger partial charge is 0.321 e. The van der Waals surface area contributed by atoms with Crippen molar-refractivity contribution in [3.05, 3.63) is 41.0 Å². The Balaban J connectivity index is 2.13. The molecule has 0 saturated heterocycles. The summed E-state index contributed by atoms with van der Waals surface area (Å²) in [7, 11) is 0. The highest BCUT2D eigenvalue weighted by molar-refractivity contribution is 6.07. The van der Waals surface area contributed by atoms with Crippen LogP contribution in [0.15, 0.2) is 35.4 Å². The average Bonchev–Trinajstić information content (AvgIpc) is 2.44. The molecule has 1 aromatic carbocycles. The van der Waals surface area contributed by atoms with Gasteiger partial charge in [-0.15, -0.1) is 0 Å². The average molecular weight is 282 g/mol. The summed E-state index contributed by atoms with van der Waals surface area (Å²) < 4.78 is 0. The van der Waals surface area contributed by atoms with Crippen LogP contribution in [0, 0.1) is 18.3 Å². The van der Waals surface area contributed by atoms with Crippen LogP contribution in [-0.2, 0) is 4.79 Å². The summed E-state index contributed by atoms with van der Waals surface area (Å²) in [6, 6.07) is 9.75. The van der Waals surface area contributed by atoms with Crippen molar-refractivity contribution in [2.24, 2.45) is 0 Å². The fourth-order valence-electron chi connectivity index (χ4n) is 2.70. The van der Waals surface area contributed by atoms with Crippen LogP contribution in [0.4, 0.5) is 5.69 Å². The standard InChI is InChI=1S/C18H22N2O/c1-14-9-11-16(12-10-14)20-18(21)17(13-19)15-7-5-3-2-4-6-8-15/h9-12H,2-8H2,1H3,(H,20,21). The molecule has 0 bridgehead atoms. The fraction of sp³-hybridized carbons (Fsp3) is 0.444. The number of anilines is 1. The molecule has 110 valence electrons. The lowest BCUT2D eigenvalue weighted by molar-refractivity contribution is -0.112. The van der Waals surface area contributed by atoms with Gasteiger partial charge in [-0.3, -0.25) is 4.79 Å². The maximum absolute atomic E-state index is 12.3. The quantitative estimate of drug-likeness (QED) is 0.641. The second-order valence-electron chi connectivity index (χ2n) is 5.68. The van der Waals surface area contributed by atoms with Gasteiger partial charge in [0.05, 0.1) is 0 Å². The van der Waals surface area contributed by atoms with E-state index in [4.69, 9.17) is 0 Å². The van der Waals surface area contributed by atoms with Crippen LogP contribution < -0.4 is 5.32 Å². The van der Waals surface area contributed by atoms with Gasteiger partial charge in [-0.1, -0.05) is 37.0 Å². The van der Waals surface area contributed by atoms with Crippen LogP contribution >= 0.6 is 0 Å². The van der Waals surface area contributed by atoms with E-state index in [1.54, 1.807) is 0 Å². The Labute approximate surface area is 126 Å². The molecule has 0 heterocycles. The van der Waals surface area contributed by atoms with Crippen LogP contribution in [0.5, 0.6) is 0 Å². The van der Waals surface area contributed by atoms with Crippen LogP contribution in [0.25, 0.3) is 0 Å². The van der Waals surface area contributed by atoms with Crippen molar-refractivity contribution in [3.63, 3.8) is 0 Å². The maximum atomic E-state index is 12.3. The van der Waals surface area contributed by atoms with E-state index < -0.39 is 0 Å². The minimum Gasteiger partial charge on any atom is -0.321 e. The van der Waals surface area contributed by atoms with Crippen molar-refractivity contribution in [1.29, 1.82) is 5.26 Å². The number of carbonyl (C=O) groups is 1. The minimum atomic E-state index is -0.267. The highest BCUT2D eigenvalue weighted by Gasteiger charge is 2.16. The molecule has 1 aliphatic carbocycles. The number of carbonyl (C=O) groups excluding carboxylic acids is 1. The van der Waals surface area contributed by atoms with E-state index in [2.05, 4.69) is 11.4 Å². The van der Waals surface area contributed by atoms with Crippen molar-refractivity contribution < 1.29 is 4.79 Å². The van der Waals surface area contributed by atoms with Gasteiger partial charge in [0.1, 0.15) is 11.6 Å². The SMILES string of the molecule is Cc1ccc(NC(=O)C(C#N)=C2CCCCCCC2)cc1. The molecule has 0 aliphatic heterocycles. The summed E-state index contributed by atoms with van der Waals surface area (Å²) in [5.74, 6) is -0.267. The second kappa shape index (κ2) is 7.64. The zero-order valence-corrected chi connectivity index (χ0v) is 12.6. The van der Waals surface area contributed by atoms with E-state index in [0.717, 1.165) is 42.5 Å². The van der Waals surface area contributed by atoms with Gasteiger partial charge < -0.3 is 5.32 Å². The van der Waals surface area contributed by atoms with Crippen molar-refractivity contribution in [2.45, 2.75) is 51.9 Å². The van der Waals surface area contributed by atoms with Crippen molar-refractivity contribution in [3.8, 4) is 6.07 Å². The number of nitrogens with zero attached hydrogens (tertiary/aromatic N) is 1. The molecule has 1 aromatic rings. The lowest BCUT2D eigenvalue weighted by atomic mass is 9.92. The molecule has 1 saturated carbocycles. The maximum Gasteiger partial charge on any atom is 0.266 e. The van der Waals surface area contributed by atoms with E-state index >= 15 is 0 Å². The lowest BCUT2D eigenvalue weighted by Crippen LogP contribution is -2.16. The van der Waals surface area contributed by atoms with E-state index in [9.17, 15) is 10.1 Å². The first-order valence-corrected chi connectivity index (χ1v) is 7.71. The highest BCUT2D eigenvalue weighted by atomic mass is 16.1. The minimum absolute atomic E-state index is 0.267. The van der Waals surface area contributed by atoms with E-state index in [0.29, 0.717) is 5.57 Å². The number of rotatable bonds is 2. The second-order valence-corrected chi connectivity index (χ2v) is 5.68. The Bertz CT molecular complexity index is 554. The molecule has 0 atom stereocenters. The van der Waals surface area contributed by atoms with Gasteiger partial charge in [-0.05, 0) is 50.3 Å². The van der Waals surface area contributed by atoms with Gasteiger partial charge in [0.25, 0.3) is 5.91 Å². The third-order valence-electron chi connectivity index (χ3n) is 3.96. The van der Waals surface area contributed by atoms with E-state index in [1.807, 2.05) is 31.2 Å². The summed E-state index contributed by atoms with van der Waals surface area (Å²) >= 11 is 0. The Morgan fingerprint density at radius 3 is 2.19 bits per heavy atom. The fourth-order valence-corrected chi connectivity index (χ4v) is 2.70. The molecule has 21 heavy (non-hydrogen) atoms. The van der Waals surface area contributed by atoms with Crippen LogP contribution in [0.2, 0.25) is 0 Å². The van der Waals surface area contributed by atoms with Crippen LogP contribution in [0.1, 0.15) is 50.5 Å². The molecule has 1 amide bonds. The number of amides is 1. The van der Waals surface area contributed by atoms with Crippen molar-refractivity contribution in [1.82, 2.24) is 0 Å². The molecular formula is C18H22N2O. The molecule has 1 fully saturated rings. The molecule has 3 nitrogen and oxygen atoms in total. The Morgan fingerprint density at radius 2 is 1.62 bits per heavy atom. The molecule has 2 rings (SSSR count). The monoisotopic (exact) mass is 282 g/mol. The summed E-state index contributed by atoms with van der Waals surface area (Å²) in [5.41, 5.74) is 3.23. The number of benzene rings is 1. The Hall–Kier alpha value is -2.08. The van der Waals surface area contributed by atoms with Gasteiger partial charge in [0.2, 0.25) is 0 Å². The number of nitrogens with one attached hydrogen (secondary N) is 1. The number of hydrogen-bond donors (Lipinski definition) is 1. The zero-order valence-electron chi connectivity index (χ0n) is 12.6. The Kier molecular flexibility index (Phi) is 5.57. The summed E-state index contributed by atoms with van der Waals surface area (Å²) in [6.07, 6.45) is 7.58. The topological polar surface area (TPSA) is 52.9 Å². The van der Waals surface area contributed by atoms with Gasteiger partial charge in [0.15, 0.2) is 0 Å². The van der Waals surface area contributed by atoms with Crippen LogP contribution in [0.3, 0.4) is 0 Å². The van der Waals surface area contributed by atoms with E-state index in [1.165, 1.54) is 19.3 Å². The van der Waals surface area contributed by atoms with Gasteiger partial charge in [-0.2, -0.15) is 5.26 Å². The third-order valence-corrected chi connectivity index (χ3v) is 3.96. The predicted octanol–water partition coefficient (Wildman–Crippen LogP) is 4.50. The first-order valence-electron chi connectivity index (χ1n) is 7.71. The molecule has 1 aliphatic rings.